The van der Waals surface area contributed by atoms with Gasteiger partial charge in [-0.05, 0) is 49.2 Å². The average Bonchev–Trinajstić information content (AvgIpc) is 2.63. The highest BCUT2D eigenvalue weighted by molar-refractivity contribution is 5.79. The van der Waals surface area contributed by atoms with Crippen LogP contribution in [0.3, 0.4) is 0 Å². The first kappa shape index (κ1) is 20.4. The number of carboxylic acids is 1. The van der Waals surface area contributed by atoms with Gasteiger partial charge in [0.1, 0.15) is 17.4 Å². The number of benzene rings is 2. The summed E-state index contributed by atoms with van der Waals surface area (Å²) in [4.78, 5) is 23.4. The van der Waals surface area contributed by atoms with Crippen LogP contribution in [-0.4, -0.2) is 30.1 Å². The lowest BCUT2D eigenvalue weighted by Crippen LogP contribution is -2.35. The van der Waals surface area contributed by atoms with Crippen LogP contribution in [0.25, 0.3) is 0 Å². The Morgan fingerprint density at radius 2 is 1.85 bits per heavy atom. The average molecular weight is 377 g/mol. The van der Waals surface area contributed by atoms with E-state index in [1.54, 1.807) is 24.3 Å². The van der Waals surface area contributed by atoms with Gasteiger partial charge in [-0.3, -0.25) is 9.59 Å². The normalized spacial score (nSPS) is 11.7. The highest BCUT2D eigenvalue weighted by Crippen LogP contribution is 2.16. The van der Waals surface area contributed by atoms with E-state index in [-0.39, 0.29) is 24.9 Å². The second-order valence-electron chi connectivity index (χ2n) is 6.03. The fourth-order valence-electron chi connectivity index (χ4n) is 2.57. The monoisotopic (exact) mass is 377 g/mol. The molecule has 0 aliphatic rings. The smallest absolute Gasteiger partial charge is 0.308 e. The van der Waals surface area contributed by atoms with Gasteiger partial charge in [0.2, 0.25) is 5.91 Å². The molecule has 0 saturated heterocycles. The summed E-state index contributed by atoms with van der Waals surface area (Å²) in [5.41, 5.74) is 0.710. The summed E-state index contributed by atoms with van der Waals surface area (Å²) in [7, 11) is 0. The van der Waals surface area contributed by atoms with Crippen LogP contribution in [0.5, 0.6) is 5.75 Å². The van der Waals surface area contributed by atoms with Gasteiger partial charge in [-0.15, -0.1) is 0 Å². The summed E-state index contributed by atoms with van der Waals surface area (Å²) in [6, 6.07) is 9.91. The zero-order valence-corrected chi connectivity index (χ0v) is 14.9. The van der Waals surface area contributed by atoms with E-state index in [1.165, 1.54) is 0 Å². The highest BCUT2D eigenvalue weighted by atomic mass is 19.1. The van der Waals surface area contributed by atoms with Crippen molar-refractivity contribution in [1.29, 1.82) is 0 Å². The van der Waals surface area contributed by atoms with Crippen molar-refractivity contribution in [2.24, 2.45) is 5.92 Å². The van der Waals surface area contributed by atoms with E-state index in [1.807, 2.05) is 6.92 Å². The van der Waals surface area contributed by atoms with Crippen LogP contribution in [-0.2, 0) is 22.4 Å². The molecule has 0 radical (unpaired) electrons. The molecule has 0 aliphatic carbocycles. The van der Waals surface area contributed by atoms with Gasteiger partial charge in [-0.2, -0.15) is 0 Å². The number of carboxylic acid groups (broad SMARTS) is 1. The molecule has 1 unspecified atom stereocenters. The molecule has 2 aromatic rings. The van der Waals surface area contributed by atoms with E-state index in [2.05, 4.69) is 5.32 Å². The molecule has 0 fully saturated rings. The van der Waals surface area contributed by atoms with Gasteiger partial charge in [-0.25, -0.2) is 8.78 Å². The number of carbonyl (C=O) groups is 2. The van der Waals surface area contributed by atoms with E-state index in [0.29, 0.717) is 12.4 Å². The number of hydrogen-bond donors (Lipinski definition) is 2. The fourth-order valence-corrected chi connectivity index (χ4v) is 2.57. The lowest BCUT2D eigenvalue weighted by molar-refractivity contribution is -0.141. The van der Waals surface area contributed by atoms with Crippen molar-refractivity contribution in [2.75, 3.05) is 13.2 Å². The molecule has 2 rings (SSSR count). The van der Waals surface area contributed by atoms with E-state index in [9.17, 15) is 23.5 Å². The lowest BCUT2D eigenvalue weighted by Gasteiger charge is -2.14. The first-order valence-electron chi connectivity index (χ1n) is 8.54. The van der Waals surface area contributed by atoms with Gasteiger partial charge >= 0.3 is 5.97 Å². The van der Waals surface area contributed by atoms with Gasteiger partial charge < -0.3 is 15.2 Å². The largest absolute Gasteiger partial charge is 0.494 e. The number of ether oxygens (including phenoxy) is 1. The van der Waals surface area contributed by atoms with E-state index < -0.39 is 29.4 Å². The molecule has 0 heterocycles. The lowest BCUT2D eigenvalue weighted by atomic mass is 9.99. The summed E-state index contributed by atoms with van der Waals surface area (Å²) in [6.07, 6.45) is -0.144. The number of rotatable bonds is 9. The Balaban J connectivity index is 1.92. The van der Waals surface area contributed by atoms with Gasteiger partial charge in [0.05, 0.1) is 18.9 Å². The van der Waals surface area contributed by atoms with Crippen molar-refractivity contribution in [3.8, 4) is 5.75 Å². The Morgan fingerprint density at radius 1 is 1.15 bits per heavy atom. The van der Waals surface area contributed by atoms with Crippen molar-refractivity contribution < 1.29 is 28.2 Å². The second-order valence-corrected chi connectivity index (χ2v) is 6.03. The zero-order chi connectivity index (χ0) is 19.8. The Bertz CT molecular complexity index is 793. The molecule has 2 N–H and O–H groups in total. The molecular weight excluding hydrogens is 356 g/mol. The predicted octanol–water partition coefficient (Wildman–Crippen LogP) is 2.97. The number of halogens is 2. The molecule has 0 bridgehead atoms. The molecule has 0 aliphatic heterocycles. The van der Waals surface area contributed by atoms with Crippen molar-refractivity contribution in [3.63, 3.8) is 0 Å². The van der Waals surface area contributed by atoms with Gasteiger partial charge in [0, 0.05) is 12.1 Å². The highest BCUT2D eigenvalue weighted by Gasteiger charge is 2.19. The minimum Gasteiger partial charge on any atom is -0.494 e. The Morgan fingerprint density at radius 3 is 2.48 bits per heavy atom. The first-order chi connectivity index (χ1) is 12.9. The molecule has 2 aromatic carbocycles. The van der Waals surface area contributed by atoms with E-state index in [4.69, 9.17) is 4.74 Å². The minimum absolute atomic E-state index is 0.0779. The summed E-state index contributed by atoms with van der Waals surface area (Å²) < 4.78 is 32.1. The van der Waals surface area contributed by atoms with Crippen LogP contribution in [0.2, 0.25) is 0 Å². The molecule has 0 spiro atoms. The predicted molar refractivity (Wildman–Crippen MR) is 95.5 cm³/mol. The second kappa shape index (κ2) is 9.66. The van der Waals surface area contributed by atoms with Crippen LogP contribution in [0.15, 0.2) is 42.5 Å². The summed E-state index contributed by atoms with van der Waals surface area (Å²) in [5.74, 6) is -3.10. The van der Waals surface area contributed by atoms with Crippen LogP contribution < -0.4 is 10.1 Å². The summed E-state index contributed by atoms with van der Waals surface area (Å²) in [5, 5.41) is 11.8. The van der Waals surface area contributed by atoms with Crippen LogP contribution in [0.4, 0.5) is 8.78 Å². The minimum atomic E-state index is -1.05. The number of amides is 1. The van der Waals surface area contributed by atoms with Crippen LogP contribution in [0.1, 0.15) is 18.1 Å². The topological polar surface area (TPSA) is 75.6 Å². The molecule has 27 heavy (non-hydrogen) atoms. The fraction of sp³-hybridized carbons (Fsp3) is 0.300. The van der Waals surface area contributed by atoms with E-state index in [0.717, 1.165) is 23.8 Å². The summed E-state index contributed by atoms with van der Waals surface area (Å²) in [6.45, 7) is 2.29. The molecular formula is C20H21F2NO4. The third-order valence-corrected chi connectivity index (χ3v) is 3.97. The Kier molecular flexibility index (Phi) is 7.28. The molecule has 1 atom stereocenters. The van der Waals surface area contributed by atoms with E-state index >= 15 is 0 Å². The molecule has 144 valence electrons. The zero-order valence-electron chi connectivity index (χ0n) is 14.9. The van der Waals surface area contributed by atoms with Crippen LogP contribution in [0, 0.1) is 17.6 Å². The van der Waals surface area contributed by atoms with Gasteiger partial charge in [0.15, 0.2) is 0 Å². The first-order valence-corrected chi connectivity index (χ1v) is 8.54. The number of carbonyl (C=O) groups excluding carboxylic acids is 1. The Hall–Kier alpha value is -2.96. The molecule has 1 amide bonds. The van der Waals surface area contributed by atoms with Crippen molar-refractivity contribution in [2.45, 2.75) is 19.8 Å². The third kappa shape index (κ3) is 6.36. The number of aliphatic carboxylic acids is 1. The Labute approximate surface area is 156 Å². The SMILES string of the molecule is CCOc1ccc(CC(CNC(=O)Cc2cc(F)ccc2F)C(=O)O)cc1. The van der Waals surface area contributed by atoms with Crippen molar-refractivity contribution >= 4 is 11.9 Å². The molecule has 0 saturated carbocycles. The number of nitrogens with one attached hydrogen (secondary N) is 1. The molecule has 7 heteroatoms. The molecule has 5 nitrogen and oxygen atoms in total. The number of hydrogen-bond acceptors (Lipinski definition) is 3. The maximum Gasteiger partial charge on any atom is 0.308 e. The molecule has 0 aromatic heterocycles. The van der Waals surface area contributed by atoms with Gasteiger partial charge in [0.25, 0.3) is 0 Å². The van der Waals surface area contributed by atoms with Gasteiger partial charge in [-0.1, -0.05) is 12.1 Å². The van der Waals surface area contributed by atoms with Crippen LogP contribution >= 0.6 is 0 Å². The van der Waals surface area contributed by atoms with Crippen molar-refractivity contribution in [1.82, 2.24) is 5.32 Å². The quantitative estimate of drug-likeness (QED) is 0.705. The van der Waals surface area contributed by atoms with Crippen molar-refractivity contribution in [3.05, 3.63) is 65.2 Å². The standard InChI is InChI=1S/C20H21F2NO4/c1-2-27-17-6-3-13(4-7-17)9-15(20(25)26)12-23-19(24)11-14-10-16(21)5-8-18(14)22/h3-8,10,15H,2,9,11-12H2,1H3,(H,23,24)(H,25,26). The maximum absolute atomic E-state index is 13.6. The maximum atomic E-state index is 13.6. The third-order valence-electron chi connectivity index (χ3n) is 3.97. The summed E-state index contributed by atoms with van der Waals surface area (Å²) >= 11 is 0.